The van der Waals surface area contributed by atoms with Crippen molar-refractivity contribution in [2.75, 3.05) is 21.0 Å². The quantitative estimate of drug-likeness (QED) is 0.477. The van der Waals surface area contributed by atoms with E-state index < -0.39 is 13.1 Å². The van der Waals surface area contributed by atoms with E-state index in [1.165, 1.54) is 14.2 Å². The number of carbonyl (C=O) groups is 2. The number of rotatable bonds is 6. The van der Waals surface area contributed by atoms with Crippen LogP contribution in [0.3, 0.4) is 0 Å². The maximum absolute atomic E-state index is 12.1. The number of hydrogen-bond donors (Lipinski definition) is 1. The smallest absolute Gasteiger partial charge is 0.534 e. The number of fused-ring (bicyclic) bond motifs is 1. The van der Waals surface area contributed by atoms with Crippen LogP contribution in [0.15, 0.2) is 18.2 Å². The van der Waals surface area contributed by atoms with Crippen molar-refractivity contribution in [1.29, 1.82) is 0 Å². The third-order valence-electron chi connectivity index (χ3n) is 3.53. The normalized spacial score (nSPS) is 16.3. The minimum atomic E-state index is -0.672. The van der Waals surface area contributed by atoms with Crippen molar-refractivity contribution in [2.24, 2.45) is 0 Å². The zero-order valence-electron chi connectivity index (χ0n) is 13.5. The van der Waals surface area contributed by atoms with Crippen molar-refractivity contribution in [3.05, 3.63) is 29.3 Å². The Morgan fingerprint density at radius 3 is 2.83 bits per heavy atom. The molecule has 1 aliphatic rings. The Balaban J connectivity index is 2.24. The van der Waals surface area contributed by atoms with Gasteiger partial charge in [0.25, 0.3) is 0 Å². The van der Waals surface area contributed by atoms with E-state index in [-0.39, 0.29) is 18.6 Å². The average molecular weight is 321 g/mol. The maximum atomic E-state index is 12.1. The first-order chi connectivity index (χ1) is 11.1. The number of hydrogen-bond acceptors (Lipinski definition) is 6. The highest BCUT2D eigenvalue weighted by molar-refractivity contribution is 6.48. The van der Waals surface area contributed by atoms with Gasteiger partial charge in [0.05, 0.1) is 5.94 Å². The number of benzene rings is 1. The summed E-state index contributed by atoms with van der Waals surface area (Å²) in [4.78, 5) is 23.7. The third kappa shape index (κ3) is 4.03. The fraction of sp³-hybridized carbons (Fsp3) is 0.467. The summed E-state index contributed by atoms with van der Waals surface area (Å²) in [6.45, 7) is 1.64. The molecular formula is C15H20BNO6. The van der Waals surface area contributed by atoms with Crippen LogP contribution >= 0.6 is 0 Å². The first-order valence-electron chi connectivity index (χ1n) is 7.37. The van der Waals surface area contributed by atoms with E-state index in [0.717, 1.165) is 5.56 Å². The lowest BCUT2D eigenvalue weighted by Gasteiger charge is -2.30. The van der Waals surface area contributed by atoms with Crippen molar-refractivity contribution in [2.45, 2.75) is 25.7 Å². The summed E-state index contributed by atoms with van der Waals surface area (Å²) >= 11 is 0. The topological polar surface area (TPSA) is 83.1 Å². The van der Waals surface area contributed by atoms with Crippen LogP contribution < -0.4 is 9.97 Å². The molecule has 1 heterocycles. The van der Waals surface area contributed by atoms with Gasteiger partial charge in [0.15, 0.2) is 6.79 Å². The molecule has 2 rings (SSSR count). The van der Waals surface area contributed by atoms with Crippen LogP contribution in [-0.2, 0) is 25.3 Å². The van der Waals surface area contributed by atoms with Gasteiger partial charge >= 0.3 is 13.1 Å². The van der Waals surface area contributed by atoms with Gasteiger partial charge in [0, 0.05) is 20.6 Å². The Bertz CT molecular complexity index is 579. The number of nitrogens with one attached hydrogen (secondary N) is 1. The van der Waals surface area contributed by atoms with Crippen molar-refractivity contribution in [3.63, 3.8) is 0 Å². The van der Waals surface area contributed by atoms with E-state index in [4.69, 9.17) is 18.8 Å². The molecule has 0 aromatic heterocycles. The van der Waals surface area contributed by atoms with E-state index in [1.54, 1.807) is 19.1 Å². The molecule has 0 fully saturated rings. The number of esters is 1. The Morgan fingerprint density at radius 2 is 2.17 bits per heavy atom. The van der Waals surface area contributed by atoms with Crippen LogP contribution in [0.25, 0.3) is 0 Å². The molecule has 1 amide bonds. The minimum Gasteiger partial charge on any atom is -0.534 e. The summed E-state index contributed by atoms with van der Waals surface area (Å²) < 4.78 is 20.8. The van der Waals surface area contributed by atoms with Crippen LogP contribution in [-0.4, -0.2) is 45.9 Å². The SMILES string of the molecule is CCC(=O)N[C@H]1Cc2cccc(C(=O)OCOC)c2OB1OC. The van der Waals surface area contributed by atoms with E-state index in [0.29, 0.717) is 24.2 Å². The summed E-state index contributed by atoms with van der Waals surface area (Å²) in [5.74, 6) is -0.512. The summed E-state index contributed by atoms with van der Waals surface area (Å²) in [5.41, 5.74) is 1.12. The van der Waals surface area contributed by atoms with Gasteiger partial charge < -0.3 is 24.1 Å². The molecule has 1 N–H and O–H groups in total. The van der Waals surface area contributed by atoms with Gasteiger partial charge in [-0.1, -0.05) is 19.1 Å². The molecule has 0 aliphatic carbocycles. The highest BCUT2D eigenvalue weighted by atomic mass is 16.7. The van der Waals surface area contributed by atoms with Gasteiger partial charge in [-0.05, 0) is 18.1 Å². The standard InChI is InChI=1S/C15H20BNO6/c1-4-13(18)17-12-8-10-6-5-7-11(15(19)22-9-20-2)14(10)23-16(12)21-3/h5-7,12H,4,8-9H2,1-3H3,(H,17,18)/t12-/m0/s1. The second-order valence-corrected chi connectivity index (χ2v) is 5.09. The van der Waals surface area contributed by atoms with Gasteiger partial charge in [-0.25, -0.2) is 4.79 Å². The minimum absolute atomic E-state index is 0.0836. The number of amides is 1. The van der Waals surface area contributed by atoms with Crippen LogP contribution in [0.5, 0.6) is 5.75 Å². The molecule has 0 saturated carbocycles. The Labute approximate surface area is 135 Å². The van der Waals surface area contributed by atoms with Crippen molar-refractivity contribution < 1.29 is 28.4 Å². The van der Waals surface area contributed by atoms with Gasteiger partial charge in [-0.3, -0.25) is 4.79 Å². The highest BCUT2D eigenvalue weighted by Gasteiger charge is 2.39. The maximum Gasteiger partial charge on any atom is 0.549 e. The lowest BCUT2D eigenvalue weighted by atomic mass is 9.71. The van der Waals surface area contributed by atoms with Crippen molar-refractivity contribution in [3.8, 4) is 5.75 Å². The van der Waals surface area contributed by atoms with E-state index >= 15 is 0 Å². The fourth-order valence-corrected chi connectivity index (χ4v) is 2.41. The predicted octanol–water partition coefficient (Wildman–Crippen LogP) is 0.951. The van der Waals surface area contributed by atoms with Crippen LogP contribution in [0.4, 0.5) is 0 Å². The molecule has 7 nitrogen and oxygen atoms in total. The van der Waals surface area contributed by atoms with Crippen LogP contribution in [0.1, 0.15) is 29.3 Å². The summed E-state index contributed by atoms with van der Waals surface area (Å²) in [7, 11) is 2.26. The zero-order chi connectivity index (χ0) is 16.8. The summed E-state index contributed by atoms with van der Waals surface area (Å²) in [6.07, 6.45) is 0.883. The van der Waals surface area contributed by atoms with Gasteiger partial charge in [-0.15, -0.1) is 0 Å². The monoisotopic (exact) mass is 321 g/mol. The van der Waals surface area contributed by atoms with E-state index in [2.05, 4.69) is 5.32 Å². The largest absolute Gasteiger partial charge is 0.549 e. The van der Waals surface area contributed by atoms with Gasteiger partial charge in [-0.2, -0.15) is 0 Å². The predicted molar refractivity (Wildman–Crippen MR) is 83.1 cm³/mol. The lowest BCUT2D eigenvalue weighted by Crippen LogP contribution is -2.54. The first kappa shape index (κ1) is 17.3. The average Bonchev–Trinajstić information content (AvgIpc) is 2.58. The molecule has 0 bridgehead atoms. The first-order valence-corrected chi connectivity index (χ1v) is 7.37. The number of carbonyl (C=O) groups excluding carboxylic acids is 2. The van der Waals surface area contributed by atoms with Crippen molar-refractivity contribution in [1.82, 2.24) is 5.32 Å². The van der Waals surface area contributed by atoms with Crippen LogP contribution in [0.2, 0.25) is 0 Å². The molecule has 0 unspecified atom stereocenters. The molecular weight excluding hydrogens is 301 g/mol. The number of ether oxygens (including phenoxy) is 2. The third-order valence-corrected chi connectivity index (χ3v) is 3.53. The van der Waals surface area contributed by atoms with E-state index in [9.17, 15) is 9.59 Å². The molecule has 124 valence electrons. The molecule has 1 aromatic carbocycles. The second kappa shape index (κ2) is 7.98. The zero-order valence-corrected chi connectivity index (χ0v) is 13.5. The molecule has 1 aliphatic heterocycles. The lowest BCUT2D eigenvalue weighted by molar-refractivity contribution is -0.121. The number of methoxy groups -OCH3 is 1. The molecule has 0 spiro atoms. The van der Waals surface area contributed by atoms with Gasteiger partial charge in [0.1, 0.15) is 11.3 Å². The molecule has 0 radical (unpaired) electrons. The Kier molecular flexibility index (Phi) is 6.01. The fourth-order valence-electron chi connectivity index (χ4n) is 2.41. The molecule has 23 heavy (non-hydrogen) atoms. The Hall–Kier alpha value is -2.06. The second-order valence-electron chi connectivity index (χ2n) is 5.09. The van der Waals surface area contributed by atoms with Gasteiger partial charge in [0.2, 0.25) is 5.91 Å². The van der Waals surface area contributed by atoms with Crippen molar-refractivity contribution >= 4 is 19.0 Å². The Morgan fingerprint density at radius 1 is 1.39 bits per heavy atom. The highest BCUT2D eigenvalue weighted by Crippen LogP contribution is 2.31. The summed E-state index contributed by atoms with van der Waals surface area (Å²) in [5, 5.41) is 2.87. The van der Waals surface area contributed by atoms with E-state index in [1.807, 2.05) is 6.07 Å². The summed E-state index contributed by atoms with van der Waals surface area (Å²) in [6, 6.07) is 5.21. The number of para-hydroxylation sites is 1. The molecule has 0 saturated heterocycles. The molecule has 1 aromatic rings. The van der Waals surface area contributed by atoms with Crippen LogP contribution in [0, 0.1) is 0 Å². The molecule has 1 atom stereocenters. The molecule has 8 heteroatoms.